The second-order valence-electron chi connectivity index (χ2n) is 6.00. The molecule has 1 aliphatic heterocycles. The molecule has 1 saturated heterocycles. The lowest BCUT2D eigenvalue weighted by Gasteiger charge is -2.33. The van der Waals surface area contributed by atoms with Gasteiger partial charge in [-0.3, -0.25) is 4.79 Å². The van der Waals surface area contributed by atoms with Gasteiger partial charge in [-0.15, -0.1) is 11.3 Å². The molecule has 0 radical (unpaired) electrons. The third kappa shape index (κ3) is 2.71. The first-order valence-electron chi connectivity index (χ1n) is 8.03. The number of piperidine rings is 1. The highest BCUT2D eigenvalue weighted by Gasteiger charge is 2.27. The zero-order chi connectivity index (χ0) is 14.8. The number of amides is 1. The first-order chi connectivity index (χ1) is 10.2. The highest BCUT2D eigenvalue weighted by atomic mass is 32.1. The van der Waals surface area contributed by atoms with Crippen LogP contribution in [0.4, 0.5) is 0 Å². The van der Waals surface area contributed by atoms with Crippen molar-refractivity contribution in [1.82, 2.24) is 4.90 Å². The minimum Gasteiger partial charge on any atom is -0.335 e. The molecule has 1 aliphatic rings. The van der Waals surface area contributed by atoms with Crippen molar-refractivity contribution < 1.29 is 4.79 Å². The fourth-order valence-electron chi connectivity index (χ4n) is 3.30. The van der Waals surface area contributed by atoms with Crippen LogP contribution in [0.5, 0.6) is 0 Å². The van der Waals surface area contributed by atoms with Gasteiger partial charge in [0, 0.05) is 17.3 Å². The van der Waals surface area contributed by atoms with Crippen LogP contribution in [-0.2, 0) is 6.42 Å². The van der Waals surface area contributed by atoms with Gasteiger partial charge in [-0.05, 0) is 49.6 Å². The Hall–Kier alpha value is -1.35. The molecule has 1 unspecified atom stereocenters. The molecule has 2 aromatic rings. The summed E-state index contributed by atoms with van der Waals surface area (Å²) in [5.41, 5.74) is 1.26. The Morgan fingerprint density at radius 3 is 2.90 bits per heavy atom. The zero-order valence-electron chi connectivity index (χ0n) is 12.9. The summed E-state index contributed by atoms with van der Waals surface area (Å²) >= 11 is 1.68. The van der Waals surface area contributed by atoms with Gasteiger partial charge >= 0.3 is 0 Å². The molecule has 1 amide bonds. The highest BCUT2D eigenvalue weighted by Crippen LogP contribution is 2.34. The zero-order valence-corrected chi connectivity index (χ0v) is 13.7. The van der Waals surface area contributed by atoms with E-state index in [1.165, 1.54) is 22.1 Å². The van der Waals surface area contributed by atoms with Gasteiger partial charge in [0.2, 0.25) is 0 Å². The summed E-state index contributed by atoms with van der Waals surface area (Å²) < 4.78 is 1.24. The molecule has 0 saturated carbocycles. The number of hydrogen-bond donors (Lipinski definition) is 0. The summed E-state index contributed by atoms with van der Waals surface area (Å²) in [5, 5.41) is 1.28. The maximum atomic E-state index is 13.0. The Kier molecular flexibility index (Phi) is 4.29. The number of fused-ring (bicyclic) bond motifs is 1. The van der Waals surface area contributed by atoms with Crippen molar-refractivity contribution in [2.24, 2.45) is 0 Å². The van der Waals surface area contributed by atoms with Crippen molar-refractivity contribution in [2.75, 3.05) is 6.54 Å². The number of carbonyl (C=O) groups is 1. The normalized spacial score (nSPS) is 19.1. The van der Waals surface area contributed by atoms with E-state index in [1.807, 2.05) is 0 Å². The Morgan fingerprint density at radius 2 is 2.14 bits per heavy atom. The largest absolute Gasteiger partial charge is 0.335 e. The fraction of sp³-hybridized carbons (Fsp3) is 0.500. The van der Waals surface area contributed by atoms with E-state index >= 15 is 0 Å². The molecule has 3 rings (SSSR count). The van der Waals surface area contributed by atoms with Crippen molar-refractivity contribution >= 4 is 27.3 Å². The quantitative estimate of drug-likeness (QED) is 0.792. The summed E-state index contributed by atoms with van der Waals surface area (Å²) in [5.74, 6) is 0.256. The SMILES string of the molecule is CCCc1c(C(=O)N2CCCCC2C)sc2ccccc12. The molecule has 1 atom stereocenters. The van der Waals surface area contributed by atoms with Crippen LogP contribution in [0.25, 0.3) is 10.1 Å². The minimum absolute atomic E-state index is 0.256. The molecule has 0 spiro atoms. The van der Waals surface area contributed by atoms with Crippen LogP contribution < -0.4 is 0 Å². The standard InChI is InChI=1S/C18H23NOS/c1-3-8-15-14-10-4-5-11-16(14)21-17(15)18(20)19-12-7-6-9-13(19)2/h4-5,10-11,13H,3,6-9,12H2,1-2H3. The molecule has 21 heavy (non-hydrogen) atoms. The molecule has 0 N–H and O–H groups in total. The molecule has 0 bridgehead atoms. The number of nitrogens with zero attached hydrogens (tertiary/aromatic N) is 1. The van der Waals surface area contributed by atoms with Crippen molar-refractivity contribution in [1.29, 1.82) is 0 Å². The van der Waals surface area contributed by atoms with Gasteiger partial charge in [0.1, 0.15) is 0 Å². The van der Waals surface area contributed by atoms with E-state index in [2.05, 4.69) is 43.0 Å². The van der Waals surface area contributed by atoms with Crippen LogP contribution in [0.3, 0.4) is 0 Å². The Morgan fingerprint density at radius 1 is 1.33 bits per heavy atom. The molecular formula is C18H23NOS. The average molecular weight is 301 g/mol. The number of thiophene rings is 1. The molecule has 1 fully saturated rings. The Labute approximate surface area is 130 Å². The van der Waals surface area contributed by atoms with Crippen LogP contribution in [0.2, 0.25) is 0 Å². The molecule has 0 aliphatic carbocycles. The molecule has 2 heterocycles. The number of rotatable bonds is 3. The topological polar surface area (TPSA) is 20.3 Å². The van der Waals surface area contributed by atoms with Crippen molar-refractivity contribution in [3.8, 4) is 0 Å². The fourth-order valence-corrected chi connectivity index (χ4v) is 4.51. The molecule has 112 valence electrons. The Balaban J connectivity index is 2.02. The molecule has 1 aromatic carbocycles. The van der Waals surface area contributed by atoms with Gasteiger partial charge in [0.25, 0.3) is 5.91 Å². The lowest BCUT2D eigenvalue weighted by Crippen LogP contribution is -2.42. The van der Waals surface area contributed by atoms with E-state index in [4.69, 9.17) is 0 Å². The summed E-state index contributed by atoms with van der Waals surface area (Å²) in [6.07, 6.45) is 5.60. The van der Waals surface area contributed by atoms with Crippen molar-refractivity contribution in [3.63, 3.8) is 0 Å². The lowest BCUT2D eigenvalue weighted by molar-refractivity contribution is 0.0640. The third-order valence-corrected chi connectivity index (χ3v) is 5.66. The number of likely N-dealkylation sites (tertiary alicyclic amines) is 1. The predicted molar refractivity (Wildman–Crippen MR) is 90.2 cm³/mol. The average Bonchev–Trinajstić information content (AvgIpc) is 2.87. The summed E-state index contributed by atoms with van der Waals surface area (Å²) in [4.78, 5) is 16.1. The van der Waals surface area contributed by atoms with E-state index in [-0.39, 0.29) is 5.91 Å². The van der Waals surface area contributed by atoms with E-state index < -0.39 is 0 Å². The maximum Gasteiger partial charge on any atom is 0.264 e. The van der Waals surface area contributed by atoms with E-state index in [0.29, 0.717) is 6.04 Å². The van der Waals surface area contributed by atoms with Crippen molar-refractivity contribution in [3.05, 3.63) is 34.7 Å². The van der Waals surface area contributed by atoms with Gasteiger partial charge in [0.05, 0.1) is 4.88 Å². The molecule has 3 heteroatoms. The maximum absolute atomic E-state index is 13.0. The smallest absolute Gasteiger partial charge is 0.264 e. The van der Waals surface area contributed by atoms with Gasteiger partial charge in [-0.2, -0.15) is 0 Å². The molecule has 1 aromatic heterocycles. The van der Waals surface area contributed by atoms with E-state index in [1.54, 1.807) is 11.3 Å². The van der Waals surface area contributed by atoms with E-state index in [0.717, 1.165) is 37.1 Å². The van der Waals surface area contributed by atoms with Gasteiger partial charge in [-0.25, -0.2) is 0 Å². The number of hydrogen-bond acceptors (Lipinski definition) is 2. The third-order valence-electron chi connectivity index (χ3n) is 4.46. The predicted octanol–water partition coefficient (Wildman–Crippen LogP) is 4.87. The van der Waals surface area contributed by atoms with Crippen LogP contribution in [0.15, 0.2) is 24.3 Å². The highest BCUT2D eigenvalue weighted by molar-refractivity contribution is 7.21. The number of benzene rings is 1. The van der Waals surface area contributed by atoms with E-state index in [9.17, 15) is 4.79 Å². The van der Waals surface area contributed by atoms with Gasteiger partial charge < -0.3 is 4.90 Å². The van der Waals surface area contributed by atoms with Gasteiger partial charge in [-0.1, -0.05) is 31.5 Å². The van der Waals surface area contributed by atoms with Crippen LogP contribution >= 0.6 is 11.3 Å². The van der Waals surface area contributed by atoms with Crippen LogP contribution in [0.1, 0.15) is 54.8 Å². The molecule has 2 nitrogen and oxygen atoms in total. The molecular weight excluding hydrogens is 278 g/mol. The number of aryl methyl sites for hydroxylation is 1. The first kappa shape index (κ1) is 14.6. The van der Waals surface area contributed by atoms with Crippen LogP contribution in [0, 0.1) is 0 Å². The number of carbonyl (C=O) groups excluding carboxylic acids is 1. The summed E-state index contributed by atoms with van der Waals surface area (Å²) in [6.45, 7) is 5.29. The summed E-state index contributed by atoms with van der Waals surface area (Å²) in [7, 11) is 0. The monoisotopic (exact) mass is 301 g/mol. The van der Waals surface area contributed by atoms with Crippen LogP contribution in [-0.4, -0.2) is 23.4 Å². The second kappa shape index (κ2) is 6.18. The minimum atomic E-state index is 0.256. The summed E-state index contributed by atoms with van der Waals surface area (Å²) in [6, 6.07) is 8.81. The second-order valence-corrected chi connectivity index (χ2v) is 7.05. The first-order valence-corrected chi connectivity index (χ1v) is 8.85. The van der Waals surface area contributed by atoms with Crippen molar-refractivity contribution in [2.45, 2.75) is 52.0 Å². The van der Waals surface area contributed by atoms with Gasteiger partial charge in [0.15, 0.2) is 0 Å². The lowest BCUT2D eigenvalue weighted by atomic mass is 10.0. The Bertz CT molecular complexity index is 646.